The van der Waals surface area contributed by atoms with E-state index in [1.165, 1.54) is 18.4 Å². The summed E-state index contributed by atoms with van der Waals surface area (Å²) in [6, 6.07) is 0. The van der Waals surface area contributed by atoms with Crippen molar-refractivity contribution >= 4 is 5.91 Å². The lowest BCUT2D eigenvalue weighted by Gasteiger charge is -2.45. The molecular formula is C18H28N4O2. The average molecular weight is 332 g/mol. The van der Waals surface area contributed by atoms with Gasteiger partial charge in [0, 0.05) is 50.6 Å². The first-order chi connectivity index (χ1) is 11.7. The largest absolute Gasteiger partial charge is 0.368 e. The number of ether oxygens (including phenoxy) is 1. The highest BCUT2D eigenvalue weighted by Crippen LogP contribution is 2.39. The first-order valence-corrected chi connectivity index (χ1v) is 9.29. The van der Waals surface area contributed by atoms with Crippen LogP contribution in [-0.2, 0) is 23.1 Å². The molecule has 24 heavy (non-hydrogen) atoms. The SMILES string of the molecule is Cn1cc(CN2CCCC23CCN(C(=O)C2CCCO2)CC3)cn1. The van der Waals surface area contributed by atoms with Crippen LogP contribution in [0.15, 0.2) is 12.4 Å². The molecule has 4 rings (SSSR count). The number of hydrogen-bond acceptors (Lipinski definition) is 4. The number of amides is 1. The van der Waals surface area contributed by atoms with E-state index in [1.54, 1.807) is 0 Å². The Balaban J connectivity index is 1.38. The number of aryl methyl sites for hydroxylation is 1. The van der Waals surface area contributed by atoms with Gasteiger partial charge in [0.05, 0.1) is 6.20 Å². The van der Waals surface area contributed by atoms with E-state index < -0.39 is 0 Å². The molecule has 0 saturated carbocycles. The standard InChI is InChI=1S/C18H28N4O2/c1-20-13-15(12-19-20)14-22-8-3-5-18(22)6-9-21(10-7-18)17(23)16-4-2-11-24-16/h12-13,16H,2-11,14H2,1H3. The molecule has 3 saturated heterocycles. The third kappa shape index (κ3) is 2.97. The van der Waals surface area contributed by atoms with Crippen LogP contribution in [0.2, 0.25) is 0 Å². The summed E-state index contributed by atoms with van der Waals surface area (Å²) in [6.07, 6.45) is 10.5. The molecule has 3 aliphatic heterocycles. The second kappa shape index (κ2) is 6.48. The topological polar surface area (TPSA) is 50.6 Å². The van der Waals surface area contributed by atoms with Gasteiger partial charge in [-0.2, -0.15) is 5.10 Å². The molecule has 4 heterocycles. The van der Waals surface area contributed by atoms with Crippen molar-refractivity contribution in [3.63, 3.8) is 0 Å². The van der Waals surface area contributed by atoms with Crippen molar-refractivity contribution in [3.8, 4) is 0 Å². The lowest BCUT2D eigenvalue weighted by atomic mass is 9.84. The number of hydrogen-bond donors (Lipinski definition) is 0. The molecule has 0 bridgehead atoms. The number of piperidine rings is 1. The molecule has 0 aromatic carbocycles. The minimum atomic E-state index is -0.172. The van der Waals surface area contributed by atoms with E-state index in [0.29, 0.717) is 0 Å². The maximum atomic E-state index is 12.6. The summed E-state index contributed by atoms with van der Waals surface area (Å²) >= 11 is 0. The Labute approximate surface area is 143 Å². The molecule has 0 N–H and O–H groups in total. The molecule has 6 nitrogen and oxygen atoms in total. The van der Waals surface area contributed by atoms with Gasteiger partial charge in [-0.1, -0.05) is 0 Å². The van der Waals surface area contributed by atoms with Crippen molar-refractivity contribution in [2.75, 3.05) is 26.2 Å². The lowest BCUT2D eigenvalue weighted by Crippen LogP contribution is -2.54. The molecule has 0 aliphatic carbocycles. The number of likely N-dealkylation sites (tertiary alicyclic amines) is 2. The van der Waals surface area contributed by atoms with Crippen molar-refractivity contribution in [1.29, 1.82) is 0 Å². The summed E-state index contributed by atoms with van der Waals surface area (Å²) in [4.78, 5) is 17.2. The van der Waals surface area contributed by atoms with E-state index in [1.807, 2.05) is 22.8 Å². The second-order valence-electron chi connectivity index (χ2n) is 7.60. The first-order valence-electron chi connectivity index (χ1n) is 9.29. The predicted molar refractivity (Wildman–Crippen MR) is 90.4 cm³/mol. The maximum Gasteiger partial charge on any atom is 0.251 e. The van der Waals surface area contributed by atoms with Gasteiger partial charge in [-0.3, -0.25) is 14.4 Å². The number of carbonyl (C=O) groups excluding carboxylic acids is 1. The van der Waals surface area contributed by atoms with Gasteiger partial charge in [-0.15, -0.1) is 0 Å². The molecule has 0 radical (unpaired) electrons. The highest BCUT2D eigenvalue weighted by molar-refractivity contribution is 5.81. The molecule has 3 fully saturated rings. The molecule has 6 heteroatoms. The molecule has 1 atom stereocenters. The Kier molecular flexibility index (Phi) is 4.35. The Morgan fingerprint density at radius 1 is 1.29 bits per heavy atom. The van der Waals surface area contributed by atoms with Gasteiger partial charge >= 0.3 is 0 Å². The number of nitrogens with zero attached hydrogens (tertiary/aromatic N) is 4. The van der Waals surface area contributed by atoms with E-state index in [2.05, 4.69) is 16.2 Å². The Hall–Kier alpha value is -1.40. The van der Waals surface area contributed by atoms with Gasteiger partial charge in [0.1, 0.15) is 6.10 Å². The van der Waals surface area contributed by atoms with E-state index in [9.17, 15) is 4.79 Å². The zero-order chi connectivity index (χ0) is 16.6. The number of rotatable bonds is 3. The normalized spacial score (nSPS) is 27.2. The molecule has 1 amide bonds. The summed E-state index contributed by atoms with van der Waals surface area (Å²) < 4.78 is 7.45. The quantitative estimate of drug-likeness (QED) is 0.843. The fourth-order valence-electron chi connectivity index (χ4n) is 4.70. The van der Waals surface area contributed by atoms with Gasteiger partial charge in [0.2, 0.25) is 0 Å². The fraction of sp³-hybridized carbons (Fsp3) is 0.778. The van der Waals surface area contributed by atoms with E-state index in [4.69, 9.17) is 4.74 Å². The summed E-state index contributed by atoms with van der Waals surface area (Å²) in [7, 11) is 1.97. The summed E-state index contributed by atoms with van der Waals surface area (Å²) in [5.74, 6) is 0.221. The van der Waals surface area contributed by atoms with Crippen LogP contribution in [0.3, 0.4) is 0 Å². The number of carbonyl (C=O) groups is 1. The molecular weight excluding hydrogens is 304 g/mol. The smallest absolute Gasteiger partial charge is 0.251 e. The Bertz CT molecular complexity index is 586. The first kappa shape index (κ1) is 16.1. The highest BCUT2D eigenvalue weighted by Gasteiger charge is 2.44. The van der Waals surface area contributed by atoms with Crippen molar-refractivity contribution in [3.05, 3.63) is 18.0 Å². The van der Waals surface area contributed by atoms with Gasteiger partial charge in [0.25, 0.3) is 5.91 Å². The minimum absolute atomic E-state index is 0.172. The monoisotopic (exact) mass is 332 g/mol. The van der Waals surface area contributed by atoms with Crippen LogP contribution in [-0.4, -0.2) is 63.4 Å². The molecule has 3 aliphatic rings. The third-order valence-corrected chi connectivity index (χ3v) is 6.08. The second-order valence-corrected chi connectivity index (χ2v) is 7.60. The number of aromatic nitrogens is 2. The Morgan fingerprint density at radius 2 is 2.12 bits per heavy atom. The van der Waals surface area contributed by atoms with Crippen LogP contribution in [0.4, 0.5) is 0 Å². The fourth-order valence-corrected chi connectivity index (χ4v) is 4.70. The van der Waals surface area contributed by atoms with Gasteiger partial charge in [-0.05, 0) is 45.1 Å². The molecule has 1 aromatic heterocycles. The zero-order valence-corrected chi connectivity index (χ0v) is 14.6. The average Bonchev–Trinajstić information content (AvgIpc) is 3.32. The minimum Gasteiger partial charge on any atom is -0.368 e. The van der Waals surface area contributed by atoms with E-state index in [0.717, 1.165) is 58.5 Å². The van der Waals surface area contributed by atoms with Gasteiger partial charge in [-0.25, -0.2) is 0 Å². The van der Waals surface area contributed by atoms with Crippen molar-refractivity contribution < 1.29 is 9.53 Å². The lowest BCUT2D eigenvalue weighted by molar-refractivity contribution is -0.143. The van der Waals surface area contributed by atoms with Crippen molar-refractivity contribution in [2.24, 2.45) is 7.05 Å². The summed E-state index contributed by atoms with van der Waals surface area (Å²) in [5, 5.41) is 4.29. The van der Waals surface area contributed by atoms with Gasteiger partial charge < -0.3 is 9.64 Å². The van der Waals surface area contributed by atoms with Crippen LogP contribution in [0.25, 0.3) is 0 Å². The Morgan fingerprint density at radius 3 is 2.79 bits per heavy atom. The maximum absolute atomic E-state index is 12.6. The third-order valence-electron chi connectivity index (χ3n) is 6.08. The summed E-state index contributed by atoms with van der Waals surface area (Å²) in [6.45, 7) is 4.64. The molecule has 1 aromatic rings. The van der Waals surface area contributed by atoms with Crippen LogP contribution >= 0.6 is 0 Å². The molecule has 132 valence electrons. The zero-order valence-electron chi connectivity index (χ0n) is 14.6. The molecule has 1 spiro atoms. The van der Waals surface area contributed by atoms with Crippen molar-refractivity contribution in [2.45, 2.75) is 56.7 Å². The molecule has 1 unspecified atom stereocenters. The van der Waals surface area contributed by atoms with E-state index in [-0.39, 0.29) is 17.6 Å². The van der Waals surface area contributed by atoms with E-state index >= 15 is 0 Å². The van der Waals surface area contributed by atoms with Gasteiger partial charge in [0.15, 0.2) is 0 Å². The van der Waals surface area contributed by atoms with Crippen LogP contribution in [0, 0.1) is 0 Å². The van der Waals surface area contributed by atoms with Crippen LogP contribution < -0.4 is 0 Å². The van der Waals surface area contributed by atoms with Crippen LogP contribution in [0.5, 0.6) is 0 Å². The van der Waals surface area contributed by atoms with Crippen molar-refractivity contribution in [1.82, 2.24) is 19.6 Å². The summed E-state index contributed by atoms with van der Waals surface area (Å²) in [5.41, 5.74) is 1.57. The van der Waals surface area contributed by atoms with Crippen LogP contribution in [0.1, 0.15) is 44.1 Å². The highest BCUT2D eigenvalue weighted by atomic mass is 16.5. The predicted octanol–water partition coefficient (Wildman–Crippen LogP) is 1.56.